The first kappa shape index (κ1) is 12.2. The largest absolute Gasteiger partial charge is 0.330 e. The molecule has 2 rings (SSSR count). The maximum absolute atomic E-state index is 13.1. The zero-order chi connectivity index (χ0) is 12.4. The molecule has 0 spiro atoms. The van der Waals surface area contributed by atoms with Gasteiger partial charge in [0.1, 0.15) is 12.1 Å². The minimum absolute atomic E-state index is 0.171. The third kappa shape index (κ3) is 2.37. The van der Waals surface area contributed by atoms with Crippen molar-refractivity contribution >= 4 is 6.29 Å². The second-order valence-electron chi connectivity index (χ2n) is 4.68. The van der Waals surface area contributed by atoms with Crippen molar-refractivity contribution in [2.45, 2.75) is 12.5 Å². The summed E-state index contributed by atoms with van der Waals surface area (Å²) in [7, 11) is 2.01. The number of aldehydes is 1. The van der Waals surface area contributed by atoms with Crippen LogP contribution in [0.25, 0.3) is 0 Å². The molecule has 0 bridgehead atoms. The van der Waals surface area contributed by atoms with E-state index in [-0.39, 0.29) is 11.9 Å². The van der Waals surface area contributed by atoms with Crippen LogP contribution < -0.4 is 5.73 Å². The molecule has 1 fully saturated rings. The van der Waals surface area contributed by atoms with Crippen LogP contribution >= 0.6 is 0 Å². The van der Waals surface area contributed by atoms with Gasteiger partial charge in [-0.1, -0.05) is 6.07 Å². The minimum Gasteiger partial charge on any atom is -0.330 e. The van der Waals surface area contributed by atoms with E-state index in [4.69, 9.17) is 5.73 Å². The van der Waals surface area contributed by atoms with E-state index in [2.05, 4.69) is 4.90 Å². The van der Waals surface area contributed by atoms with Gasteiger partial charge in [-0.2, -0.15) is 0 Å². The van der Waals surface area contributed by atoms with Crippen LogP contribution in [0.2, 0.25) is 0 Å². The van der Waals surface area contributed by atoms with Crippen molar-refractivity contribution in [2.24, 2.45) is 11.7 Å². The van der Waals surface area contributed by atoms with Crippen LogP contribution in [-0.4, -0.2) is 31.3 Å². The van der Waals surface area contributed by atoms with Crippen LogP contribution in [0.5, 0.6) is 0 Å². The SMILES string of the molecule is CN1CC(CN)CC1c1ccc(F)cc1C=O. The Balaban J connectivity index is 2.31. The Morgan fingerprint density at radius 1 is 1.59 bits per heavy atom. The lowest BCUT2D eigenvalue weighted by molar-refractivity contribution is 0.112. The molecule has 1 aromatic rings. The van der Waals surface area contributed by atoms with Gasteiger partial charge in [0.15, 0.2) is 0 Å². The average molecular weight is 236 g/mol. The number of nitrogens with two attached hydrogens (primary N) is 1. The molecule has 3 nitrogen and oxygen atoms in total. The van der Waals surface area contributed by atoms with Crippen molar-refractivity contribution in [2.75, 3.05) is 20.1 Å². The first-order valence-electron chi connectivity index (χ1n) is 5.80. The van der Waals surface area contributed by atoms with Gasteiger partial charge in [-0.05, 0) is 43.6 Å². The molecule has 1 aromatic carbocycles. The van der Waals surface area contributed by atoms with Gasteiger partial charge in [-0.3, -0.25) is 9.69 Å². The standard InChI is InChI=1S/C13H17FN2O/c1-16-7-9(6-15)4-13(16)12-3-2-11(14)5-10(12)8-17/h2-3,5,8-9,13H,4,6-7,15H2,1H3. The molecule has 0 radical (unpaired) electrons. The fourth-order valence-electron chi connectivity index (χ4n) is 2.59. The fourth-order valence-corrected chi connectivity index (χ4v) is 2.59. The van der Waals surface area contributed by atoms with E-state index in [0.717, 1.165) is 24.8 Å². The number of halogens is 1. The van der Waals surface area contributed by atoms with Gasteiger partial charge >= 0.3 is 0 Å². The van der Waals surface area contributed by atoms with Crippen LogP contribution in [0.4, 0.5) is 4.39 Å². The van der Waals surface area contributed by atoms with Crippen molar-refractivity contribution in [3.63, 3.8) is 0 Å². The van der Waals surface area contributed by atoms with Crippen LogP contribution in [0, 0.1) is 11.7 Å². The van der Waals surface area contributed by atoms with E-state index in [1.807, 2.05) is 7.05 Å². The van der Waals surface area contributed by atoms with Gasteiger partial charge in [-0.25, -0.2) is 4.39 Å². The maximum atomic E-state index is 13.1. The topological polar surface area (TPSA) is 46.3 Å². The highest BCUT2D eigenvalue weighted by molar-refractivity contribution is 5.77. The van der Waals surface area contributed by atoms with Crippen LogP contribution in [-0.2, 0) is 0 Å². The van der Waals surface area contributed by atoms with Crippen molar-refractivity contribution in [3.05, 3.63) is 35.1 Å². The number of likely N-dealkylation sites (tertiary alicyclic amines) is 1. The van der Waals surface area contributed by atoms with Crippen molar-refractivity contribution in [3.8, 4) is 0 Å². The van der Waals surface area contributed by atoms with Crippen molar-refractivity contribution in [1.29, 1.82) is 0 Å². The first-order chi connectivity index (χ1) is 8.15. The molecule has 0 amide bonds. The van der Waals surface area contributed by atoms with Gasteiger partial charge in [0.25, 0.3) is 0 Å². The Morgan fingerprint density at radius 2 is 2.35 bits per heavy atom. The summed E-state index contributed by atoms with van der Waals surface area (Å²) in [6.07, 6.45) is 1.65. The highest BCUT2D eigenvalue weighted by Crippen LogP contribution is 2.35. The maximum Gasteiger partial charge on any atom is 0.150 e. The second kappa shape index (κ2) is 4.94. The molecular weight excluding hydrogens is 219 g/mol. The fraction of sp³-hybridized carbons (Fsp3) is 0.462. The summed E-state index contributed by atoms with van der Waals surface area (Å²) in [5.41, 5.74) is 7.02. The molecule has 0 aliphatic carbocycles. The number of carbonyl (C=O) groups excluding carboxylic acids is 1. The molecule has 92 valence electrons. The summed E-state index contributed by atoms with van der Waals surface area (Å²) in [5.74, 6) is 0.0847. The predicted molar refractivity (Wildman–Crippen MR) is 64.3 cm³/mol. The van der Waals surface area contributed by atoms with E-state index in [1.165, 1.54) is 12.1 Å². The third-order valence-electron chi connectivity index (χ3n) is 3.50. The Hall–Kier alpha value is -1.26. The quantitative estimate of drug-likeness (QED) is 0.811. The number of carbonyl (C=O) groups is 1. The van der Waals surface area contributed by atoms with Gasteiger partial charge in [0.2, 0.25) is 0 Å². The van der Waals surface area contributed by atoms with Crippen LogP contribution in [0.15, 0.2) is 18.2 Å². The average Bonchev–Trinajstić information content (AvgIpc) is 2.70. The number of hydrogen-bond acceptors (Lipinski definition) is 3. The molecule has 17 heavy (non-hydrogen) atoms. The molecule has 2 N–H and O–H groups in total. The molecule has 0 saturated carbocycles. The molecule has 1 saturated heterocycles. The Bertz CT molecular complexity index is 422. The molecule has 2 unspecified atom stereocenters. The summed E-state index contributed by atoms with van der Waals surface area (Å²) in [6.45, 7) is 1.58. The molecule has 0 aromatic heterocycles. The zero-order valence-corrected chi connectivity index (χ0v) is 9.90. The summed E-state index contributed by atoms with van der Waals surface area (Å²) < 4.78 is 13.1. The van der Waals surface area contributed by atoms with Crippen molar-refractivity contribution in [1.82, 2.24) is 4.90 Å². The summed E-state index contributed by atoms with van der Waals surface area (Å²) in [6, 6.07) is 4.58. The van der Waals surface area contributed by atoms with E-state index in [9.17, 15) is 9.18 Å². The van der Waals surface area contributed by atoms with E-state index in [0.29, 0.717) is 18.0 Å². The lowest BCUT2D eigenvalue weighted by Crippen LogP contribution is -2.21. The summed E-state index contributed by atoms with van der Waals surface area (Å²) in [5, 5.41) is 0. The van der Waals surface area contributed by atoms with Crippen LogP contribution in [0.1, 0.15) is 28.4 Å². The van der Waals surface area contributed by atoms with Gasteiger partial charge in [0.05, 0.1) is 0 Å². The number of nitrogens with zero attached hydrogens (tertiary/aromatic N) is 1. The smallest absolute Gasteiger partial charge is 0.150 e. The summed E-state index contributed by atoms with van der Waals surface area (Å²) >= 11 is 0. The van der Waals surface area contributed by atoms with Gasteiger partial charge < -0.3 is 5.73 Å². The highest BCUT2D eigenvalue weighted by Gasteiger charge is 2.30. The molecule has 1 aliphatic heterocycles. The van der Waals surface area contributed by atoms with E-state index < -0.39 is 0 Å². The highest BCUT2D eigenvalue weighted by atomic mass is 19.1. The zero-order valence-electron chi connectivity index (χ0n) is 9.90. The number of hydrogen-bond donors (Lipinski definition) is 1. The van der Waals surface area contributed by atoms with Crippen LogP contribution in [0.3, 0.4) is 0 Å². The Kier molecular flexibility index (Phi) is 3.54. The molecule has 4 heteroatoms. The minimum atomic E-state index is -0.369. The molecule has 2 atom stereocenters. The monoisotopic (exact) mass is 236 g/mol. The predicted octanol–water partition coefficient (Wildman–Crippen LogP) is 1.59. The van der Waals surface area contributed by atoms with Gasteiger partial charge in [-0.15, -0.1) is 0 Å². The number of benzene rings is 1. The number of rotatable bonds is 3. The lowest BCUT2D eigenvalue weighted by atomic mass is 9.96. The normalized spacial score (nSPS) is 25.1. The first-order valence-corrected chi connectivity index (χ1v) is 5.80. The summed E-state index contributed by atoms with van der Waals surface area (Å²) in [4.78, 5) is 13.2. The van der Waals surface area contributed by atoms with Gasteiger partial charge in [0, 0.05) is 18.2 Å². The third-order valence-corrected chi connectivity index (χ3v) is 3.50. The van der Waals surface area contributed by atoms with E-state index in [1.54, 1.807) is 6.07 Å². The molecular formula is C13H17FN2O. The lowest BCUT2D eigenvalue weighted by Gasteiger charge is -2.21. The van der Waals surface area contributed by atoms with E-state index >= 15 is 0 Å². The molecule has 1 heterocycles. The Labute approximate surface area is 100 Å². The Morgan fingerprint density at radius 3 is 2.94 bits per heavy atom. The van der Waals surface area contributed by atoms with Crippen molar-refractivity contribution < 1.29 is 9.18 Å². The molecule has 1 aliphatic rings. The second-order valence-corrected chi connectivity index (χ2v) is 4.68.